The van der Waals surface area contributed by atoms with E-state index in [0.717, 1.165) is 0 Å². The van der Waals surface area contributed by atoms with Crippen LogP contribution in [0.5, 0.6) is 0 Å². The minimum atomic E-state index is 0.496. The largest absolute Gasteiger partial charge is 0.210 e. The third-order valence-electron chi connectivity index (χ3n) is 1.08. The predicted molar refractivity (Wildman–Crippen MR) is 42.1 cm³/mol. The Kier molecular flexibility index (Phi) is 1.87. The average Bonchev–Trinajstić information content (AvgIpc) is 2.74. The van der Waals surface area contributed by atoms with Gasteiger partial charge in [-0.25, -0.2) is 0 Å². The summed E-state index contributed by atoms with van der Waals surface area (Å²) in [5.41, 5.74) is 0. The van der Waals surface area contributed by atoms with Crippen LogP contribution in [-0.4, -0.2) is 19.5 Å². The van der Waals surface area contributed by atoms with Crippen molar-refractivity contribution in [1.29, 1.82) is 0 Å². The molecule has 7 heteroatoms. The van der Waals surface area contributed by atoms with Gasteiger partial charge in [-0.3, -0.25) is 0 Å². The summed E-state index contributed by atoms with van der Waals surface area (Å²) < 4.78 is 3.63. The molecule has 6 nitrogen and oxygen atoms in total. The first-order chi connectivity index (χ1) is 5.95. The fourth-order valence-electron chi connectivity index (χ4n) is 0.609. The zero-order valence-electron chi connectivity index (χ0n) is 5.90. The Hall–Kier alpha value is -1.63. The normalized spacial score (nSPS) is 11.0. The maximum atomic E-state index is 3.83. The van der Waals surface area contributed by atoms with Crippen molar-refractivity contribution in [3.05, 3.63) is 23.8 Å². The van der Waals surface area contributed by atoms with Gasteiger partial charge >= 0.3 is 0 Å². The highest BCUT2D eigenvalue weighted by molar-refractivity contribution is 7.03. The van der Waals surface area contributed by atoms with Crippen molar-refractivity contribution in [3.8, 4) is 0 Å². The first-order valence-electron chi connectivity index (χ1n) is 3.14. The Labute approximate surface area is 71.7 Å². The average molecular weight is 180 g/mol. The SMILES string of the molecule is c1cnn(N=Nc2csnn2)c1. The zero-order valence-corrected chi connectivity index (χ0v) is 6.72. The lowest BCUT2D eigenvalue weighted by molar-refractivity contribution is 0.689. The second-order valence-corrected chi connectivity index (χ2v) is 2.49. The molecule has 2 aromatic rings. The third kappa shape index (κ3) is 1.51. The van der Waals surface area contributed by atoms with Crippen LogP contribution in [0.4, 0.5) is 5.82 Å². The summed E-state index contributed by atoms with van der Waals surface area (Å²) in [6, 6.07) is 1.76. The number of hydrogen-bond acceptors (Lipinski definition) is 6. The lowest BCUT2D eigenvalue weighted by Crippen LogP contribution is -1.84. The molecule has 60 valence electrons. The zero-order chi connectivity index (χ0) is 8.23. The van der Waals surface area contributed by atoms with E-state index in [-0.39, 0.29) is 0 Å². The molecule has 2 rings (SSSR count). The first-order valence-corrected chi connectivity index (χ1v) is 3.97. The summed E-state index contributed by atoms with van der Waals surface area (Å²) in [6.07, 6.45) is 3.31. The highest BCUT2D eigenvalue weighted by Crippen LogP contribution is 2.07. The molecule has 0 unspecified atom stereocenters. The highest BCUT2D eigenvalue weighted by atomic mass is 32.1. The van der Waals surface area contributed by atoms with Crippen LogP contribution in [0.15, 0.2) is 34.2 Å². The fourth-order valence-corrected chi connectivity index (χ4v) is 0.975. The Morgan fingerprint density at radius 1 is 1.50 bits per heavy atom. The van der Waals surface area contributed by atoms with Crippen LogP contribution >= 0.6 is 11.5 Å². The van der Waals surface area contributed by atoms with Crippen LogP contribution in [0.3, 0.4) is 0 Å². The summed E-state index contributed by atoms with van der Waals surface area (Å²) in [7, 11) is 0. The third-order valence-corrected chi connectivity index (χ3v) is 1.57. The molecule has 12 heavy (non-hydrogen) atoms. The number of hydrogen-bond donors (Lipinski definition) is 0. The number of aromatic nitrogens is 4. The Morgan fingerprint density at radius 2 is 2.50 bits per heavy atom. The van der Waals surface area contributed by atoms with E-state index < -0.39 is 0 Å². The maximum absolute atomic E-state index is 3.83. The van der Waals surface area contributed by atoms with Crippen molar-refractivity contribution >= 4 is 17.4 Å². The van der Waals surface area contributed by atoms with Crippen molar-refractivity contribution in [1.82, 2.24) is 19.5 Å². The van der Waals surface area contributed by atoms with Crippen molar-refractivity contribution in [2.24, 2.45) is 10.3 Å². The standard InChI is InChI=1S/C5H4N6S/c1-2-6-11(3-1)9-7-5-4-12-10-8-5/h1-4H. The van der Waals surface area contributed by atoms with Crippen LogP contribution in [0.1, 0.15) is 0 Å². The molecule has 2 aromatic heterocycles. The van der Waals surface area contributed by atoms with Gasteiger partial charge in [0.1, 0.15) is 0 Å². The van der Waals surface area contributed by atoms with E-state index >= 15 is 0 Å². The molecule has 0 aliphatic carbocycles. The van der Waals surface area contributed by atoms with Crippen LogP contribution in [0.25, 0.3) is 0 Å². The van der Waals surface area contributed by atoms with Crippen molar-refractivity contribution in [2.75, 3.05) is 0 Å². The summed E-state index contributed by atoms with van der Waals surface area (Å²) in [6.45, 7) is 0. The molecule has 0 saturated heterocycles. The second kappa shape index (κ2) is 3.18. The molecule has 0 fully saturated rings. The molecule has 0 amide bonds. The molecule has 0 N–H and O–H groups in total. The lowest BCUT2D eigenvalue weighted by atomic mass is 10.8. The van der Waals surface area contributed by atoms with Gasteiger partial charge in [-0.1, -0.05) is 4.49 Å². The van der Waals surface area contributed by atoms with Gasteiger partial charge in [-0.15, -0.1) is 15.0 Å². The summed E-state index contributed by atoms with van der Waals surface area (Å²) >= 11 is 1.23. The second-order valence-electron chi connectivity index (χ2n) is 1.88. The topological polar surface area (TPSA) is 68.3 Å². The quantitative estimate of drug-likeness (QED) is 0.654. The fraction of sp³-hybridized carbons (Fsp3) is 0. The Balaban J connectivity index is 2.14. The monoisotopic (exact) mass is 180 g/mol. The van der Waals surface area contributed by atoms with Gasteiger partial charge in [0.05, 0.1) is 17.8 Å². The van der Waals surface area contributed by atoms with Gasteiger partial charge in [0.25, 0.3) is 0 Å². The lowest BCUT2D eigenvalue weighted by Gasteiger charge is -1.83. The summed E-state index contributed by atoms with van der Waals surface area (Å²) in [5.74, 6) is 0.496. The molecule has 0 aliphatic rings. The molecule has 0 aromatic carbocycles. The van der Waals surface area contributed by atoms with Crippen molar-refractivity contribution < 1.29 is 0 Å². The number of nitrogens with zero attached hydrogens (tertiary/aromatic N) is 6. The van der Waals surface area contributed by atoms with E-state index in [0.29, 0.717) is 5.82 Å². The van der Waals surface area contributed by atoms with Gasteiger partial charge in [-0.2, -0.15) is 5.10 Å². The van der Waals surface area contributed by atoms with Gasteiger partial charge in [-0.05, 0) is 22.8 Å². The highest BCUT2D eigenvalue weighted by Gasteiger charge is 1.90. The van der Waals surface area contributed by atoms with Crippen LogP contribution in [0, 0.1) is 0 Å². The maximum Gasteiger partial charge on any atom is 0.210 e. The molecular weight excluding hydrogens is 176 g/mol. The molecular formula is C5H4N6S. The first kappa shape index (κ1) is 7.04. The summed E-state index contributed by atoms with van der Waals surface area (Å²) in [4.78, 5) is 1.35. The van der Waals surface area contributed by atoms with E-state index in [1.165, 1.54) is 16.3 Å². The van der Waals surface area contributed by atoms with E-state index in [9.17, 15) is 0 Å². The van der Waals surface area contributed by atoms with Gasteiger partial charge < -0.3 is 0 Å². The predicted octanol–water partition coefficient (Wildman–Crippen LogP) is 1.28. The van der Waals surface area contributed by atoms with E-state index in [2.05, 4.69) is 25.0 Å². The van der Waals surface area contributed by atoms with E-state index in [1.807, 2.05) is 0 Å². The molecule has 0 saturated carbocycles. The van der Waals surface area contributed by atoms with Crippen LogP contribution < -0.4 is 0 Å². The molecule has 0 radical (unpaired) electrons. The van der Waals surface area contributed by atoms with Crippen LogP contribution in [-0.2, 0) is 0 Å². The van der Waals surface area contributed by atoms with Crippen molar-refractivity contribution in [2.45, 2.75) is 0 Å². The minimum Gasteiger partial charge on any atom is -0.158 e. The molecule has 2 heterocycles. The Morgan fingerprint density at radius 3 is 3.17 bits per heavy atom. The smallest absolute Gasteiger partial charge is 0.158 e. The van der Waals surface area contributed by atoms with Gasteiger partial charge in [0.2, 0.25) is 5.82 Å². The minimum absolute atomic E-state index is 0.496. The summed E-state index contributed by atoms with van der Waals surface area (Å²) in [5, 5.41) is 16.7. The van der Waals surface area contributed by atoms with Gasteiger partial charge in [0.15, 0.2) is 0 Å². The van der Waals surface area contributed by atoms with E-state index in [4.69, 9.17) is 0 Å². The van der Waals surface area contributed by atoms with Crippen LogP contribution in [0.2, 0.25) is 0 Å². The molecule has 0 bridgehead atoms. The van der Waals surface area contributed by atoms with Crippen molar-refractivity contribution in [3.63, 3.8) is 0 Å². The number of rotatable bonds is 2. The molecule has 0 atom stereocenters. The Bertz CT molecular complexity index is 313. The van der Waals surface area contributed by atoms with E-state index in [1.54, 1.807) is 23.8 Å². The molecule has 0 spiro atoms. The molecule has 0 aliphatic heterocycles. The van der Waals surface area contributed by atoms with Gasteiger partial charge in [0, 0.05) is 0 Å².